The van der Waals surface area contributed by atoms with Gasteiger partial charge >= 0.3 is 0 Å². The summed E-state index contributed by atoms with van der Waals surface area (Å²) in [6, 6.07) is 7.64. The molecule has 0 fully saturated rings. The number of hydrogen-bond donors (Lipinski definition) is 2. The highest BCUT2D eigenvalue weighted by Crippen LogP contribution is 2.21. The minimum absolute atomic E-state index is 0.465. The smallest absolute Gasteiger partial charge is 0.0794 e. The summed E-state index contributed by atoms with van der Waals surface area (Å²) in [6.07, 6.45) is 0.798. The van der Waals surface area contributed by atoms with Crippen LogP contribution in [0.5, 0.6) is 0 Å². The van der Waals surface area contributed by atoms with Gasteiger partial charge in [-0.05, 0) is 37.5 Å². The van der Waals surface area contributed by atoms with Crippen LogP contribution >= 0.6 is 15.9 Å². The highest BCUT2D eigenvalue weighted by atomic mass is 75.9. The molecule has 0 aromatic heterocycles. The fourth-order valence-electron chi connectivity index (χ4n) is 1.23. The van der Waals surface area contributed by atoms with Crippen molar-refractivity contribution in [1.82, 2.24) is 0 Å². The van der Waals surface area contributed by atoms with Crippen LogP contribution in [0.4, 0.5) is 0 Å². The lowest BCUT2D eigenvalue weighted by Gasteiger charge is -2.10. The van der Waals surface area contributed by atoms with Crippen molar-refractivity contribution in [3.63, 3.8) is 0 Å². The van der Waals surface area contributed by atoms with Crippen molar-refractivity contribution in [3.05, 3.63) is 34.3 Å². The summed E-state index contributed by atoms with van der Waals surface area (Å²) in [5.74, 6) is 0. The first-order valence-electron chi connectivity index (χ1n) is 4.57. The maximum atomic E-state index is 9.78. The molecular weight excluding hydrogens is 238 g/mol. The third-order valence-corrected chi connectivity index (χ3v) is 2.52. The van der Waals surface area contributed by atoms with Crippen LogP contribution in [-0.4, -0.2) is 10.8 Å². The molecule has 1 aromatic rings. The van der Waals surface area contributed by atoms with E-state index in [-0.39, 0.29) is 0 Å². The standard InChI is InChI=1S/C11H14BrNO/c1-8(13)5-6-11(14)9-3-2-4-10(12)7-9/h2-4,7,11,13-14H,5-6H2,1H3/t11-/m0/s1/i12-4. The van der Waals surface area contributed by atoms with Crippen molar-refractivity contribution in [2.75, 3.05) is 0 Å². The molecule has 2 nitrogen and oxygen atoms in total. The molecule has 0 aliphatic heterocycles. The minimum atomic E-state index is -0.465. The lowest BCUT2D eigenvalue weighted by molar-refractivity contribution is 0.170. The van der Waals surface area contributed by atoms with Gasteiger partial charge in [0.25, 0.3) is 0 Å². The van der Waals surface area contributed by atoms with Crippen LogP contribution in [0.2, 0.25) is 0 Å². The van der Waals surface area contributed by atoms with Crippen molar-refractivity contribution >= 4 is 21.6 Å². The van der Waals surface area contributed by atoms with E-state index in [2.05, 4.69) is 15.9 Å². The second-order valence-electron chi connectivity index (χ2n) is 3.39. The van der Waals surface area contributed by atoms with Gasteiger partial charge in [0.2, 0.25) is 0 Å². The molecule has 14 heavy (non-hydrogen) atoms. The molecule has 1 rings (SSSR count). The first-order chi connectivity index (χ1) is 6.59. The molecule has 3 heteroatoms. The molecule has 0 heterocycles. The molecule has 0 bridgehead atoms. The highest BCUT2D eigenvalue weighted by molar-refractivity contribution is 9.10. The molecule has 0 aliphatic rings. The highest BCUT2D eigenvalue weighted by Gasteiger charge is 2.07. The number of nitrogens with one attached hydrogen (secondary N) is 1. The van der Waals surface area contributed by atoms with Gasteiger partial charge in [-0.25, -0.2) is 0 Å². The number of hydrogen-bond acceptors (Lipinski definition) is 2. The molecule has 0 unspecified atom stereocenters. The van der Waals surface area contributed by atoms with Crippen LogP contribution in [-0.2, 0) is 0 Å². The topological polar surface area (TPSA) is 44.1 Å². The summed E-state index contributed by atoms with van der Waals surface area (Å²) in [5, 5.41) is 17.0. The predicted molar refractivity (Wildman–Crippen MR) is 61.7 cm³/mol. The zero-order chi connectivity index (χ0) is 10.6. The quantitative estimate of drug-likeness (QED) is 0.793. The number of benzene rings is 1. The van der Waals surface area contributed by atoms with Gasteiger partial charge in [-0.1, -0.05) is 28.1 Å². The average Bonchev–Trinajstić information content (AvgIpc) is 2.14. The van der Waals surface area contributed by atoms with E-state index in [1.807, 2.05) is 24.3 Å². The Kier molecular flexibility index (Phi) is 4.29. The van der Waals surface area contributed by atoms with Crippen molar-refractivity contribution < 1.29 is 5.11 Å². The summed E-state index contributed by atoms with van der Waals surface area (Å²) >= 11 is 3.36. The molecule has 2 N–H and O–H groups in total. The number of aliphatic hydroxyl groups is 1. The molecule has 0 spiro atoms. The van der Waals surface area contributed by atoms with Gasteiger partial charge in [0.1, 0.15) is 0 Å². The second-order valence-corrected chi connectivity index (χ2v) is 4.31. The van der Waals surface area contributed by atoms with Crippen molar-refractivity contribution in [3.8, 4) is 0 Å². The van der Waals surface area contributed by atoms with Crippen LogP contribution in [0.15, 0.2) is 28.7 Å². The monoisotopic (exact) mass is 252 g/mol. The largest absolute Gasteiger partial charge is 0.388 e. The van der Waals surface area contributed by atoms with E-state index < -0.39 is 6.10 Å². The van der Waals surface area contributed by atoms with Crippen LogP contribution < -0.4 is 0 Å². The first-order valence-corrected chi connectivity index (χ1v) is 5.36. The van der Waals surface area contributed by atoms with E-state index in [0.717, 1.165) is 10.0 Å². The predicted octanol–water partition coefficient (Wildman–Crippen LogP) is 3.30. The maximum Gasteiger partial charge on any atom is 0.0794 e. The zero-order valence-electron chi connectivity index (χ0n) is 8.13. The van der Waals surface area contributed by atoms with Crippen LogP contribution in [0.25, 0.3) is 0 Å². The molecule has 0 radical (unpaired) electrons. The van der Waals surface area contributed by atoms with Gasteiger partial charge in [0.15, 0.2) is 0 Å². The summed E-state index contributed by atoms with van der Waals surface area (Å²) < 4.78 is 0.973. The Balaban J connectivity index is 2.60. The van der Waals surface area contributed by atoms with Gasteiger partial charge in [0.05, 0.1) is 6.10 Å². The molecule has 0 saturated carbocycles. The number of halogens is 1. The molecule has 0 amide bonds. The Morgan fingerprint density at radius 3 is 2.86 bits per heavy atom. The Morgan fingerprint density at radius 1 is 1.57 bits per heavy atom. The van der Waals surface area contributed by atoms with Crippen molar-refractivity contribution in [1.29, 1.82) is 5.41 Å². The Hall–Kier alpha value is -0.670. The molecule has 0 saturated heterocycles. The van der Waals surface area contributed by atoms with Gasteiger partial charge in [-0.2, -0.15) is 0 Å². The normalized spacial score (nSPS) is 12.5. The maximum absolute atomic E-state index is 9.78. The molecule has 76 valence electrons. The number of aliphatic hydroxyl groups excluding tert-OH is 1. The fourth-order valence-corrected chi connectivity index (χ4v) is 1.65. The van der Waals surface area contributed by atoms with E-state index in [1.165, 1.54) is 0 Å². The summed E-state index contributed by atoms with van der Waals surface area (Å²) in [7, 11) is 0. The van der Waals surface area contributed by atoms with Crippen LogP contribution in [0.3, 0.4) is 0 Å². The van der Waals surface area contributed by atoms with Crippen LogP contribution in [0, 0.1) is 5.41 Å². The van der Waals surface area contributed by atoms with Gasteiger partial charge < -0.3 is 10.5 Å². The van der Waals surface area contributed by atoms with Gasteiger partial charge in [-0.3, -0.25) is 0 Å². The zero-order valence-corrected chi connectivity index (χ0v) is 9.71. The molecule has 1 aromatic carbocycles. The van der Waals surface area contributed by atoms with Gasteiger partial charge in [0, 0.05) is 10.2 Å². The van der Waals surface area contributed by atoms with Crippen LogP contribution in [0.1, 0.15) is 31.4 Å². The SMILES string of the molecule is CC(=N)CC[C@H](O)c1cccc([76Br])c1. The second kappa shape index (κ2) is 5.27. The van der Waals surface area contributed by atoms with E-state index in [4.69, 9.17) is 5.41 Å². The van der Waals surface area contributed by atoms with E-state index in [0.29, 0.717) is 18.6 Å². The summed E-state index contributed by atoms with van der Waals surface area (Å²) in [4.78, 5) is 0. The Morgan fingerprint density at radius 2 is 2.29 bits per heavy atom. The molecule has 0 aliphatic carbocycles. The average molecular weight is 252 g/mol. The fraction of sp³-hybridized carbons (Fsp3) is 0.364. The first kappa shape index (κ1) is 11.4. The third kappa shape index (κ3) is 3.60. The van der Waals surface area contributed by atoms with Gasteiger partial charge in [-0.15, -0.1) is 0 Å². The van der Waals surface area contributed by atoms with E-state index >= 15 is 0 Å². The molecular formula is C11H14BrNO. The number of rotatable bonds is 4. The lowest BCUT2D eigenvalue weighted by Crippen LogP contribution is -2.00. The summed E-state index contributed by atoms with van der Waals surface area (Å²) in [5.41, 5.74) is 1.51. The van der Waals surface area contributed by atoms with E-state index in [1.54, 1.807) is 6.92 Å². The third-order valence-electron chi connectivity index (χ3n) is 2.03. The Bertz CT molecular complexity index is 325. The lowest BCUT2D eigenvalue weighted by atomic mass is 10.0. The minimum Gasteiger partial charge on any atom is -0.388 e. The van der Waals surface area contributed by atoms with Crippen molar-refractivity contribution in [2.24, 2.45) is 0 Å². The van der Waals surface area contributed by atoms with E-state index in [9.17, 15) is 5.11 Å². The summed E-state index contributed by atoms with van der Waals surface area (Å²) in [6.45, 7) is 1.76. The Labute approximate surface area is 92.6 Å². The van der Waals surface area contributed by atoms with Crippen molar-refractivity contribution in [2.45, 2.75) is 25.9 Å². The molecule has 1 atom stereocenters.